The van der Waals surface area contributed by atoms with Gasteiger partial charge in [0.15, 0.2) is 11.0 Å². The van der Waals surface area contributed by atoms with Crippen molar-refractivity contribution in [2.24, 2.45) is 5.10 Å². The lowest BCUT2D eigenvalue weighted by molar-refractivity contribution is -0.120. The molecule has 0 unspecified atom stereocenters. The lowest BCUT2D eigenvalue weighted by Gasteiger charge is -2.13. The molecule has 0 radical (unpaired) electrons. The van der Waals surface area contributed by atoms with Crippen LogP contribution in [0.2, 0.25) is 5.02 Å². The average Bonchev–Trinajstić information content (AvgIpc) is 3.29. The minimum Gasteiger partial charge on any atom is -0.378 e. The van der Waals surface area contributed by atoms with E-state index in [1.807, 2.05) is 104 Å². The van der Waals surface area contributed by atoms with Crippen molar-refractivity contribution in [2.45, 2.75) is 37.7 Å². The molecular formula is C27H27ClN6OS. The zero-order valence-corrected chi connectivity index (χ0v) is 21.8. The zero-order chi connectivity index (χ0) is 25.5. The van der Waals surface area contributed by atoms with Gasteiger partial charge in [-0.15, -0.1) is 10.2 Å². The number of thioether (sulfide) groups is 1. The fraction of sp³-hybridized carbons (Fsp3) is 0.185. The third-order valence-corrected chi connectivity index (χ3v) is 6.76. The minimum absolute atomic E-state index is 0.213. The van der Waals surface area contributed by atoms with Crippen LogP contribution in [0.3, 0.4) is 0 Å². The van der Waals surface area contributed by atoms with E-state index in [9.17, 15) is 4.79 Å². The molecule has 0 bridgehead atoms. The first-order valence-corrected chi connectivity index (χ1v) is 12.7. The summed E-state index contributed by atoms with van der Waals surface area (Å²) >= 11 is 7.32. The number of carbonyl (C=O) groups excluding carboxylic acids is 1. The Hall–Kier alpha value is -3.62. The maximum atomic E-state index is 12.8. The maximum Gasteiger partial charge on any atom is 0.253 e. The number of hydrogen-bond donors (Lipinski definition) is 2. The van der Waals surface area contributed by atoms with Gasteiger partial charge in [-0.1, -0.05) is 71.4 Å². The highest BCUT2D eigenvalue weighted by atomic mass is 35.5. The van der Waals surface area contributed by atoms with Crippen LogP contribution in [0.25, 0.3) is 5.69 Å². The quantitative estimate of drug-likeness (QED) is 0.165. The summed E-state index contributed by atoms with van der Waals surface area (Å²) in [4.78, 5) is 12.8. The van der Waals surface area contributed by atoms with Crippen molar-refractivity contribution in [1.29, 1.82) is 0 Å². The molecule has 0 saturated heterocycles. The van der Waals surface area contributed by atoms with E-state index in [1.165, 1.54) is 17.3 Å². The molecule has 7 nitrogen and oxygen atoms in total. The molecule has 4 rings (SSSR count). The van der Waals surface area contributed by atoms with Crippen LogP contribution in [-0.4, -0.2) is 31.6 Å². The molecular weight excluding hydrogens is 492 g/mol. The number of amides is 1. The molecule has 0 aliphatic rings. The maximum absolute atomic E-state index is 12.8. The van der Waals surface area contributed by atoms with Crippen LogP contribution in [0.5, 0.6) is 0 Å². The third kappa shape index (κ3) is 6.53. The van der Waals surface area contributed by atoms with E-state index >= 15 is 0 Å². The van der Waals surface area contributed by atoms with Gasteiger partial charge in [0, 0.05) is 16.4 Å². The van der Waals surface area contributed by atoms with Gasteiger partial charge in [0.1, 0.15) is 0 Å². The standard InChI is InChI=1S/C27H27ClN6OS/c1-18-9-11-21(12-10-18)19(2)30-32-26(35)20(3)36-27-33-31-25(34(27)24-7-5-4-6-8-24)17-29-23-15-13-22(28)14-16-23/h4-16,20,29H,17H2,1-3H3,(H,32,35)/t20-/m1/s1. The van der Waals surface area contributed by atoms with Gasteiger partial charge in [0.05, 0.1) is 17.5 Å². The number of anilines is 1. The van der Waals surface area contributed by atoms with Gasteiger partial charge in [-0.2, -0.15) is 5.10 Å². The third-order valence-electron chi connectivity index (χ3n) is 5.46. The topological polar surface area (TPSA) is 84.2 Å². The summed E-state index contributed by atoms with van der Waals surface area (Å²) in [6.45, 7) is 6.18. The Morgan fingerprint density at radius 3 is 2.42 bits per heavy atom. The van der Waals surface area contributed by atoms with Gasteiger partial charge in [-0.05, 0) is 62.7 Å². The van der Waals surface area contributed by atoms with Crippen molar-refractivity contribution in [2.75, 3.05) is 5.32 Å². The first-order valence-electron chi connectivity index (χ1n) is 11.5. The fourth-order valence-corrected chi connectivity index (χ4v) is 4.38. The Balaban J connectivity index is 1.48. The zero-order valence-electron chi connectivity index (χ0n) is 20.3. The average molecular weight is 519 g/mol. The number of aromatic nitrogens is 3. The summed E-state index contributed by atoms with van der Waals surface area (Å²) < 4.78 is 1.96. The van der Waals surface area contributed by atoms with Gasteiger partial charge in [0.25, 0.3) is 5.91 Å². The lowest BCUT2D eigenvalue weighted by Crippen LogP contribution is -2.28. The molecule has 1 aromatic heterocycles. The van der Waals surface area contributed by atoms with Crippen molar-refractivity contribution in [3.63, 3.8) is 0 Å². The Bertz CT molecular complexity index is 1340. The molecule has 4 aromatic rings. The van der Waals surface area contributed by atoms with Crippen molar-refractivity contribution in [3.8, 4) is 5.69 Å². The molecule has 0 spiro atoms. The molecule has 9 heteroatoms. The summed E-state index contributed by atoms with van der Waals surface area (Å²) in [6, 6.07) is 25.3. The molecule has 0 fully saturated rings. The Morgan fingerprint density at radius 2 is 1.72 bits per heavy atom. The van der Waals surface area contributed by atoms with Gasteiger partial charge < -0.3 is 5.32 Å². The van der Waals surface area contributed by atoms with Crippen molar-refractivity contribution in [3.05, 3.63) is 101 Å². The van der Waals surface area contributed by atoms with Gasteiger partial charge in [-0.25, -0.2) is 5.43 Å². The number of nitrogens with one attached hydrogen (secondary N) is 2. The number of nitrogens with zero attached hydrogens (tertiary/aromatic N) is 4. The predicted octanol–water partition coefficient (Wildman–Crippen LogP) is 5.86. The first-order chi connectivity index (χ1) is 17.4. The SMILES string of the molecule is CC(=NNC(=O)[C@@H](C)Sc1nnc(CNc2ccc(Cl)cc2)n1-c1ccccc1)c1ccc(C)cc1. The molecule has 3 aromatic carbocycles. The van der Waals surface area contributed by atoms with E-state index in [2.05, 4.69) is 26.0 Å². The number of para-hydroxylation sites is 1. The van der Waals surface area contributed by atoms with E-state index < -0.39 is 5.25 Å². The van der Waals surface area contributed by atoms with E-state index in [0.29, 0.717) is 16.7 Å². The predicted molar refractivity (Wildman–Crippen MR) is 147 cm³/mol. The van der Waals surface area contributed by atoms with E-state index in [1.54, 1.807) is 0 Å². The van der Waals surface area contributed by atoms with Gasteiger partial charge in [-0.3, -0.25) is 9.36 Å². The summed E-state index contributed by atoms with van der Waals surface area (Å²) in [5, 5.41) is 17.3. The van der Waals surface area contributed by atoms with Crippen LogP contribution < -0.4 is 10.7 Å². The minimum atomic E-state index is -0.441. The number of benzene rings is 3. The second-order valence-corrected chi connectivity index (χ2v) is 9.97. The Kier molecular flexibility index (Phi) is 8.40. The fourth-order valence-electron chi connectivity index (χ4n) is 3.38. The number of hydrogen-bond acceptors (Lipinski definition) is 6. The smallest absolute Gasteiger partial charge is 0.253 e. The van der Waals surface area contributed by atoms with Crippen molar-refractivity contribution < 1.29 is 4.79 Å². The molecule has 0 aliphatic carbocycles. The van der Waals surface area contributed by atoms with Crippen molar-refractivity contribution >= 4 is 40.7 Å². The summed E-state index contributed by atoms with van der Waals surface area (Å²) in [5.74, 6) is 0.509. The number of carbonyl (C=O) groups is 1. The molecule has 1 heterocycles. The number of hydrazone groups is 1. The number of rotatable bonds is 9. The molecule has 36 heavy (non-hydrogen) atoms. The van der Waals surface area contributed by atoms with Crippen molar-refractivity contribution in [1.82, 2.24) is 20.2 Å². The monoisotopic (exact) mass is 518 g/mol. The Labute approximate surface area is 220 Å². The second kappa shape index (κ2) is 11.9. The van der Waals surface area contributed by atoms with Gasteiger partial charge in [0.2, 0.25) is 0 Å². The number of halogens is 1. The van der Waals surface area contributed by atoms with E-state index in [-0.39, 0.29) is 5.91 Å². The van der Waals surface area contributed by atoms with Gasteiger partial charge >= 0.3 is 0 Å². The summed E-state index contributed by atoms with van der Waals surface area (Å²) in [5.41, 5.74) is 7.39. The van der Waals surface area contributed by atoms with E-state index in [4.69, 9.17) is 11.6 Å². The van der Waals surface area contributed by atoms with E-state index in [0.717, 1.165) is 28.5 Å². The largest absolute Gasteiger partial charge is 0.378 e. The molecule has 0 aliphatic heterocycles. The first kappa shape index (κ1) is 25.5. The molecule has 1 atom stereocenters. The molecule has 1 amide bonds. The lowest BCUT2D eigenvalue weighted by atomic mass is 10.1. The Morgan fingerprint density at radius 1 is 1.03 bits per heavy atom. The molecule has 184 valence electrons. The highest BCUT2D eigenvalue weighted by molar-refractivity contribution is 8.00. The van der Waals surface area contributed by atoms with Crippen LogP contribution in [0.15, 0.2) is 89.1 Å². The van der Waals surface area contributed by atoms with Crippen LogP contribution in [0.4, 0.5) is 5.69 Å². The highest BCUT2D eigenvalue weighted by Gasteiger charge is 2.21. The van der Waals surface area contributed by atoms with Crippen LogP contribution in [-0.2, 0) is 11.3 Å². The molecule has 0 saturated carbocycles. The van der Waals surface area contributed by atoms with Crippen LogP contribution in [0, 0.1) is 6.92 Å². The summed E-state index contributed by atoms with van der Waals surface area (Å²) in [6.07, 6.45) is 0. The highest BCUT2D eigenvalue weighted by Crippen LogP contribution is 2.26. The number of aryl methyl sites for hydroxylation is 1. The normalized spacial score (nSPS) is 12.3. The molecule has 2 N–H and O–H groups in total. The summed E-state index contributed by atoms with van der Waals surface area (Å²) in [7, 11) is 0. The van der Waals surface area contributed by atoms with Crippen LogP contribution in [0.1, 0.15) is 30.8 Å². The van der Waals surface area contributed by atoms with Crippen LogP contribution >= 0.6 is 23.4 Å². The second-order valence-electron chi connectivity index (χ2n) is 8.23.